The van der Waals surface area contributed by atoms with Gasteiger partial charge in [-0.1, -0.05) is 0 Å². The zero-order valence-corrected chi connectivity index (χ0v) is 17.6. The summed E-state index contributed by atoms with van der Waals surface area (Å²) >= 11 is 0. The molecule has 2 rings (SSSR count). The van der Waals surface area contributed by atoms with Crippen LogP contribution < -0.4 is 24.3 Å². The third-order valence-electron chi connectivity index (χ3n) is 4.21. The standard InChI is InChI=1S/C20H22N2O9/c1-11(19(23)21-14-10-13(22(25)26)6-7-15(14)27-2)31-20(24)12-8-16(28-3)18(30-5)17(9-12)29-4/h6-11H,1-5H3,(H,21,23). The summed E-state index contributed by atoms with van der Waals surface area (Å²) in [4.78, 5) is 35.4. The number of ether oxygens (including phenoxy) is 5. The smallest absolute Gasteiger partial charge is 0.339 e. The second kappa shape index (κ2) is 10.1. The van der Waals surface area contributed by atoms with Crippen LogP contribution in [0.4, 0.5) is 11.4 Å². The first-order chi connectivity index (χ1) is 14.7. The van der Waals surface area contributed by atoms with E-state index in [0.29, 0.717) is 5.75 Å². The van der Waals surface area contributed by atoms with Crippen LogP contribution in [-0.4, -0.2) is 51.3 Å². The van der Waals surface area contributed by atoms with Crippen molar-refractivity contribution >= 4 is 23.3 Å². The van der Waals surface area contributed by atoms with E-state index in [4.69, 9.17) is 23.7 Å². The highest BCUT2D eigenvalue weighted by atomic mass is 16.6. The number of nitrogens with one attached hydrogen (secondary N) is 1. The Hall–Kier alpha value is -4.02. The van der Waals surface area contributed by atoms with Gasteiger partial charge in [-0.15, -0.1) is 0 Å². The van der Waals surface area contributed by atoms with Crippen molar-refractivity contribution < 1.29 is 38.2 Å². The summed E-state index contributed by atoms with van der Waals surface area (Å²) in [7, 11) is 5.57. The topological polar surface area (TPSA) is 135 Å². The molecule has 0 aliphatic heterocycles. The van der Waals surface area contributed by atoms with E-state index in [1.165, 1.54) is 59.6 Å². The average Bonchev–Trinajstić information content (AvgIpc) is 2.77. The molecule has 166 valence electrons. The molecular formula is C20H22N2O9. The predicted octanol–water partition coefficient (Wildman–Crippen LogP) is 2.81. The molecule has 1 amide bonds. The van der Waals surface area contributed by atoms with Crippen LogP contribution >= 0.6 is 0 Å². The van der Waals surface area contributed by atoms with Crippen LogP contribution in [-0.2, 0) is 9.53 Å². The summed E-state index contributed by atoms with van der Waals surface area (Å²) in [6.45, 7) is 1.36. The van der Waals surface area contributed by atoms with Crippen LogP contribution in [0.3, 0.4) is 0 Å². The number of anilines is 1. The maximum absolute atomic E-state index is 12.5. The molecule has 0 saturated heterocycles. The third kappa shape index (κ3) is 5.32. The average molecular weight is 434 g/mol. The molecule has 11 heteroatoms. The van der Waals surface area contributed by atoms with Crippen LogP contribution in [0.1, 0.15) is 17.3 Å². The number of carbonyl (C=O) groups is 2. The maximum atomic E-state index is 12.5. The van der Waals surface area contributed by atoms with Gasteiger partial charge in [0.25, 0.3) is 11.6 Å². The molecule has 0 heterocycles. The number of benzene rings is 2. The summed E-state index contributed by atoms with van der Waals surface area (Å²) in [6, 6.07) is 6.50. The van der Waals surface area contributed by atoms with E-state index in [1.54, 1.807) is 0 Å². The summed E-state index contributed by atoms with van der Waals surface area (Å²) < 4.78 is 25.9. The Kier molecular flexibility index (Phi) is 7.61. The molecule has 11 nitrogen and oxygen atoms in total. The molecule has 1 unspecified atom stereocenters. The fourth-order valence-corrected chi connectivity index (χ4v) is 2.62. The van der Waals surface area contributed by atoms with Gasteiger partial charge in [-0.25, -0.2) is 4.79 Å². The quantitative estimate of drug-likeness (QED) is 0.359. The van der Waals surface area contributed by atoms with Gasteiger partial charge >= 0.3 is 5.97 Å². The Morgan fingerprint density at radius 2 is 1.52 bits per heavy atom. The van der Waals surface area contributed by atoms with Gasteiger partial charge in [0.1, 0.15) is 5.75 Å². The first-order valence-corrected chi connectivity index (χ1v) is 8.90. The third-order valence-corrected chi connectivity index (χ3v) is 4.21. The Morgan fingerprint density at radius 3 is 2.00 bits per heavy atom. The molecule has 0 fully saturated rings. The van der Waals surface area contributed by atoms with Crippen molar-refractivity contribution in [2.24, 2.45) is 0 Å². The molecule has 0 radical (unpaired) electrons. The molecule has 0 aliphatic rings. The van der Waals surface area contributed by atoms with Gasteiger partial charge in [0.15, 0.2) is 17.6 Å². The number of methoxy groups -OCH3 is 4. The highest BCUT2D eigenvalue weighted by molar-refractivity contribution is 5.98. The van der Waals surface area contributed by atoms with E-state index in [9.17, 15) is 19.7 Å². The summed E-state index contributed by atoms with van der Waals surface area (Å²) in [6.07, 6.45) is -1.23. The molecule has 1 atom stereocenters. The number of esters is 1. The lowest BCUT2D eigenvalue weighted by Gasteiger charge is -2.17. The van der Waals surface area contributed by atoms with Crippen molar-refractivity contribution in [3.05, 3.63) is 46.0 Å². The number of hydrogen-bond donors (Lipinski definition) is 1. The van der Waals surface area contributed by atoms with Crippen LogP contribution in [0, 0.1) is 10.1 Å². The Balaban J connectivity index is 2.19. The van der Waals surface area contributed by atoms with E-state index < -0.39 is 22.9 Å². The molecular weight excluding hydrogens is 412 g/mol. The minimum atomic E-state index is -1.23. The predicted molar refractivity (Wildman–Crippen MR) is 109 cm³/mol. The highest BCUT2D eigenvalue weighted by Crippen LogP contribution is 2.38. The summed E-state index contributed by atoms with van der Waals surface area (Å²) in [5, 5.41) is 13.4. The van der Waals surface area contributed by atoms with Crippen LogP contribution in [0.2, 0.25) is 0 Å². The lowest BCUT2D eigenvalue weighted by atomic mass is 10.2. The number of nitro benzene ring substituents is 1. The molecule has 31 heavy (non-hydrogen) atoms. The number of rotatable bonds is 9. The monoisotopic (exact) mass is 434 g/mol. The zero-order chi connectivity index (χ0) is 23.1. The second-order valence-corrected chi connectivity index (χ2v) is 6.09. The van der Waals surface area contributed by atoms with Gasteiger partial charge in [-0.2, -0.15) is 0 Å². The highest BCUT2D eigenvalue weighted by Gasteiger charge is 2.24. The summed E-state index contributed by atoms with van der Waals surface area (Å²) in [5.74, 6) is -0.529. The van der Waals surface area contributed by atoms with Gasteiger partial charge < -0.3 is 29.0 Å². The number of nitro groups is 1. The number of non-ortho nitro benzene ring substituents is 1. The van der Waals surface area contributed by atoms with Gasteiger partial charge in [0.05, 0.1) is 44.6 Å². The fraction of sp³-hybridized carbons (Fsp3) is 0.300. The molecule has 0 saturated carbocycles. The lowest BCUT2D eigenvalue weighted by Crippen LogP contribution is -2.30. The van der Waals surface area contributed by atoms with Crippen LogP contribution in [0.5, 0.6) is 23.0 Å². The van der Waals surface area contributed by atoms with Crippen molar-refractivity contribution in [3.63, 3.8) is 0 Å². The number of nitrogens with zero attached hydrogens (tertiary/aromatic N) is 1. The van der Waals surface area contributed by atoms with Gasteiger partial charge in [0.2, 0.25) is 5.75 Å². The van der Waals surface area contributed by atoms with Gasteiger partial charge in [-0.05, 0) is 25.1 Å². The first kappa shape index (κ1) is 23.3. The van der Waals surface area contributed by atoms with Crippen molar-refractivity contribution in [2.45, 2.75) is 13.0 Å². The molecule has 0 spiro atoms. The Bertz CT molecular complexity index is 966. The normalized spacial score (nSPS) is 11.1. The van der Waals surface area contributed by atoms with Crippen molar-refractivity contribution in [2.75, 3.05) is 33.8 Å². The maximum Gasteiger partial charge on any atom is 0.339 e. The van der Waals surface area contributed by atoms with Gasteiger partial charge in [0, 0.05) is 12.1 Å². The minimum absolute atomic E-state index is 0.0670. The fourth-order valence-electron chi connectivity index (χ4n) is 2.62. The van der Waals surface area contributed by atoms with E-state index in [0.717, 1.165) is 6.07 Å². The van der Waals surface area contributed by atoms with Crippen molar-refractivity contribution in [3.8, 4) is 23.0 Å². The van der Waals surface area contributed by atoms with Crippen LogP contribution in [0.25, 0.3) is 0 Å². The van der Waals surface area contributed by atoms with Crippen LogP contribution in [0.15, 0.2) is 30.3 Å². The van der Waals surface area contributed by atoms with Crippen molar-refractivity contribution in [1.29, 1.82) is 0 Å². The van der Waals surface area contributed by atoms with E-state index in [-0.39, 0.29) is 34.2 Å². The second-order valence-electron chi connectivity index (χ2n) is 6.09. The molecule has 0 aromatic heterocycles. The molecule has 2 aromatic carbocycles. The Labute approximate surface area is 178 Å². The molecule has 0 aliphatic carbocycles. The Morgan fingerprint density at radius 1 is 0.935 bits per heavy atom. The zero-order valence-electron chi connectivity index (χ0n) is 17.6. The summed E-state index contributed by atoms with van der Waals surface area (Å²) in [5.41, 5.74) is -0.0994. The molecule has 0 bridgehead atoms. The van der Waals surface area contributed by atoms with Gasteiger partial charge in [-0.3, -0.25) is 14.9 Å². The largest absolute Gasteiger partial charge is 0.495 e. The van der Waals surface area contributed by atoms with E-state index in [1.807, 2.05) is 0 Å². The molecule has 2 aromatic rings. The minimum Gasteiger partial charge on any atom is -0.495 e. The van der Waals surface area contributed by atoms with E-state index in [2.05, 4.69) is 5.32 Å². The lowest BCUT2D eigenvalue weighted by molar-refractivity contribution is -0.384. The van der Waals surface area contributed by atoms with Crippen molar-refractivity contribution in [1.82, 2.24) is 0 Å². The SMILES string of the molecule is COc1ccc([N+](=O)[O-])cc1NC(=O)C(C)OC(=O)c1cc(OC)c(OC)c(OC)c1. The number of carbonyl (C=O) groups excluding carboxylic acids is 2. The molecule has 1 N–H and O–H groups in total. The number of hydrogen-bond acceptors (Lipinski definition) is 9. The number of amides is 1. The first-order valence-electron chi connectivity index (χ1n) is 8.90. The van der Waals surface area contributed by atoms with E-state index >= 15 is 0 Å².